The Morgan fingerprint density at radius 3 is 2.78 bits per heavy atom. The Bertz CT molecular complexity index is 523. The van der Waals surface area contributed by atoms with Crippen molar-refractivity contribution in [3.63, 3.8) is 0 Å². The average Bonchev–Trinajstić information content (AvgIpc) is 2.74. The number of fused-ring (bicyclic) bond motifs is 1. The Balaban J connectivity index is 2.30. The van der Waals surface area contributed by atoms with E-state index >= 15 is 0 Å². The van der Waals surface area contributed by atoms with Crippen molar-refractivity contribution in [2.24, 2.45) is 11.8 Å². The van der Waals surface area contributed by atoms with Crippen LogP contribution >= 0.6 is 0 Å². The van der Waals surface area contributed by atoms with Crippen molar-refractivity contribution >= 4 is 11.9 Å². The highest BCUT2D eigenvalue weighted by molar-refractivity contribution is 5.75. The number of carbonyl (C=O) groups is 2. The highest BCUT2D eigenvalue weighted by atomic mass is 16.6. The van der Waals surface area contributed by atoms with Crippen molar-refractivity contribution in [1.29, 1.82) is 0 Å². The summed E-state index contributed by atoms with van der Waals surface area (Å²) in [5, 5.41) is 20.5. The molecule has 1 heterocycles. The molecule has 6 heteroatoms. The van der Waals surface area contributed by atoms with Crippen LogP contribution < -0.4 is 0 Å². The van der Waals surface area contributed by atoms with Crippen molar-refractivity contribution < 1.29 is 29.3 Å². The first-order valence-electron chi connectivity index (χ1n) is 7.87. The zero-order valence-corrected chi connectivity index (χ0v) is 13.5. The van der Waals surface area contributed by atoms with Crippen LogP contribution in [0.2, 0.25) is 0 Å². The lowest BCUT2D eigenvalue weighted by atomic mass is 9.83. The van der Waals surface area contributed by atoms with Crippen LogP contribution in [0.1, 0.15) is 33.1 Å². The first-order chi connectivity index (χ1) is 10.8. The molecular formula is C17H24O6. The quantitative estimate of drug-likeness (QED) is 0.584. The van der Waals surface area contributed by atoms with Crippen LogP contribution in [0.15, 0.2) is 23.8 Å². The molecule has 6 nitrogen and oxygen atoms in total. The highest BCUT2D eigenvalue weighted by Crippen LogP contribution is 2.36. The van der Waals surface area contributed by atoms with E-state index in [0.717, 1.165) is 0 Å². The molecule has 5 atom stereocenters. The molecule has 23 heavy (non-hydrogen) atoms. The molecule has 0 amide bonds. The lowest BCUT2D eigenvalue weighted by Crippen LogP contribution is -2.28. The van der Waals surface area contributed by atoms with E-state index in [0.29, 0.717) is 24.0 Å². The molecule has 0 unspecified atom stereocenters. The summed E-state index contributed by atoms with van der Waals surface area (Å²) < 4.78 is 10.4. The van der Waals surface area contributed by atoms with Gasteiger partial charge >= 0.3 is 11.9 Å². The van der Waals surface area contributed by atoms with Crippen molar-refractivity contribution in [1.82, 2.24) is 0 Å². The first-order valence-corrected chi connectivity index (χ1v) is 7.87. The summed E-state index contributed by atoms with van der Waals surface area (Å²) in [5.41, 5.74) is 1.06. The van der Waals surface area contributed by atoms with Gasteiger partial charge in [0.1, 0.15) is 12.7 Å². The van der Waals surface area contributed by atoms with Crippen LogP contribution in [0, 0.1) is 11.8 Å². The van der Waals surface area contributed by atoms with Gasteiger partial charge in [-0.25, -0.2) is 0 Å². The van der Waals surface area contributed by atoms with E-state index in [1.807, 2.05) is 6.92 Å². The summed E-state index contributed by atoms with van der Waals surface area (Å²) in [6.07, 6.45) is 0.697. The van der Waals surface area contributed by atoms with Gasteiger partial charge in [-0.2, -0.15) is 0 Å². The molecule has 0 aromatic heterocycles. The lowest BCUT2D eigenvalue weighted by molar-refractivity contribution is -0.143. The van der Waals surface area contributed by atoms with Crippen LogP contribution in [-0.4, -0.2) is 47.1 Å². The Kier molecular flexibility index (Phi) is 5.59. The number of esters is 2. The maximum absolute atomic E-state index is 11.9. The molecule has 2 N–H and O–H groups in total. The van der Waals surface area contributed by atoms with Gasteiger partial charge in [0, 0.05) is 19.3 Å². The van der Waals surface area contributed by atoms with Gasteiger partial charge in [-0.3, -0.25) is 9.59 Å². The molecule has 0 saturated carbocycles. The molecule has 1 fully saturated rings. The van der Waals surface area contributed by atoms with Crippen LogP contribution in [0.4, 0.5) is 0 Å². The van der Waals surface area contributed by atoms with Crippen molar-refractivity contribution in [3.05, 3.63) is 23.8 Å². The Hall–Kier alpha value is -1.66. The Morgan fingerprint density at radius 2 is 2.13 bits per heavy atom. The van der Waals surface area contributed by atoms with E-state index in [1.54, 1.807) is 6.08 Å². The summed E-state index contributed by atoms with van der Waals surface area (Å²) in [4.78, 5) is 22.9. The molecule has 0 radical (unpaired) electrons. The minimum absolute atomic E-state index is 0.0518. The summed E-state index contributed by atoms with van der Waals surface area (Å²) in [6, 6.07) is 0. The molecule has 2 aliphatic rings. The minimum Gasteiger partial charge on any atom is -0.461 e. The third-order valence-corrected chi connectivity index (χ3v) is 4.65. The summed E-state index contributed by atoms with van der Waals surface area (Å²) >= 11 is 0. The first kappa shape index (κ1) is 17.7. The van der Waals surface area contributed by atoms with E-state index in [2.05, 4.69) is 6.58 Å². The number of ether oxygens (including phenoxy) is 2. The largest absolute Gasteiger partial charge is 0.461 e. The van der Waals surface area contributed by atoms with Crippen LogP contribution in [0.5, 0.6) is 0 Å². The fourth-order valence-corrected chi connectivity index (χ4v) is 3.06. The molecule has 1 aliphatic carbocycles. The molecule has 0 bridgehead atoms. The number of carbonyl (C=O) groups excluding carboxylic acids is 2. The second-order valence-electron chi connectivity index (χ2n) is 6.34. The standard InChI is InChI=1S/C17H24O6/c1-9-4-5-13-10(2)17(21)23-16(13)6-12(8-22-11(3)18)15(20)7-14(9)19/h6,10,13-16,19-20H,1,4-5,7-8H2,2-3H3/b12-6-/t10-,13+,14-,15+,16+/m1/s1. The number of hydrogen-bond donors (Lipinski definition) is 2. The predicted octanol–water partition coefficient (Wildman–Crippen LogP) is 1.12. The lowest BCUT2D eigenvalue weighted by Gasteiger charge is -2.25. The second-order valence-corrected chi connectivity index (χ2v) is 6.34. The Labute approximate surface area is 135 Å². The van der Waals surface area contributed by atoms with Crippen molar-refractivity contribution in [2.75, 3.05) is 6.61 Å². The van der Waals surface area contributed by atoms with Crippen molar-refractivity contribution in [2.45, 2.75) is 51.4 Å². The van der Waals surface area contributed by atoms with Gasteiger partial charge in [-0.05, 0) is 30.1 Å². The fraction of sp³-hybridized carbons (Fsp3) is 0.647. The average molecular weight is 324 g/mol. The number of rotatable bonds is 2. The van der Waals surface area contributed by atoms with Gasteiger partial charge in [0.15, 0.2) is 0 Å². The van der Waals surface area contributed by atoms with Crippen LogP contribution in [-0.2, 0) is 19.1 Å². The molecule has 1 aliphatic heterocycles. The SMILES string of the molecule is C=C1CC[C@@H]2[C@H](/C=C(/COC(C)=O)[C@@H](O)C[C@H]1O)OC(=O)[C@@H]2C. The van der Waals surface area contributed by atoms with Crippen LogP contribution in [0.3, 0.4) is 0 Å². The van der Waals surface area contributed by atoms with Gasteiger partial charge in [-0.1, -0.05) is 13.5 Å². The highest BCUT2D eigenvalue weighted by Gasteiger charge is 2.41. The third-order valence-electron chi connectivity index (χ3n) is 4.65. The molecule has 2 rings (SSSR count). The summed E-state index contributed by atoms with van der Waals surface area (Å²) in [7, 11) is 0. The molecule has 0 aromatic rings. The van der Waals surface area contributed by atoms with Crippen molar-refractivity contribution in [3.8, 4) is 0 Å². The van der Waals surface area contributed by atoms with E-state index < -0.39 is 24.3 Å². The minimum atomic E-state index is -0.991. The smallest absolute Gasteiger partial charge is 0.309 e. The van der Waals surface area contributed by atoms with E-state index in [1.165, 1.54) is 6.92 Å². The zero-order valence-electron chi connectivity index (χ0n) is 13.5. The maximum atomic E-state index is 11.9. The van der Waals surface area contributed by atoms with Gasteiger partial charge in [0.2, 0.25) is 0 Å². The maximum Gasteiger partial charge on any atom is 0.309 e. The van der Waals surface area contributed by atoms with Gasteiger partial charge < -0.3 is 19.7 Å². The van der Waals surface area contributed by atoms with Gasteiger partial charge in [0.25, 0.3) is 0 Å². The number of aliphatic hydroxyl groups is 2. The van der Waals surface area contributed by atoms with Gasteiger partial charge in [0.05, 0.1) is 18.1 Å². The monoisotopic (exact) mass is 324 g/mol. The summed E-state index contributed by atoms with van der Waals surface area (Å²) in [5.74, 6) is -1.05. The van der Waals surface area contributed by atoms with Crippen LogP contribution in [0.25, 0.3) is 0 Å². The molecular weight excluding hydrogens is 300 g/mol. The fourth-order valence-electron chi connectivity index (χ4n) is 3.06. The normalized spacial score (nSPS) is 37.4. The molecule has 0 aromatic carbocycles. The summed E-state index contributed by atoms with van der Waals surface area (Å²) in [6.45, 7) is 6.87. The topological polar surface area (TPSA) is 93.1 Å². The van der Waals surface area contributed by atoms with E-state index in [9.17, 15) is 19.8 Å². The predicted molar refractivity (Wildman–Crippen MR) is 82.3 cm³/mol. The number of hydrogen-bond acceptors (Lipinski definition) is 6. The molecule has 0 spiro atoms. The van der Waals surface area contributed by atoms with E-state index in [4.69, 9.17) is 9.47 Å². The number of aliphatic hydroxyl groups excluding tert-OH is 2. The zero-order chi connectivity index (χ0) is 17.1. The molecule has 128 valence electrons. The van der Waals surface area contributed by atoms with Gasteiger partial charge in [-0.15, -0.1) is 0 Å². The van der Waals surface area contributed by atoms with E-state index in [-0.39, 0.29) is 30.8 Å². The Morgan fingerprint density at radius 1 is 1.43 bits per heavy atom. The molecule has 1 saturated heterocycles. The third kappa shape index (κ3) is 4.20. The second kappa shape index (κ2) is 7.27.